The van der Waals surface area contributed by atoms with Crippen LogP contribution in [0.2, 0.25) is 5.02 Å². The quantitative estimate of drug-likeness (QED) is 0.904. The zero-order valence-corrected chi connectivity index (χ0v) is 11.2. The van der Waals surface area contributed by atoms with Gasteiger partial charge in [0.1, 0.15) is 5.54 Å². The van der Waals surface area contributed by atoms with E-state index in [0.29, 0.717) is 10.6 Å². The SMILES string of the molecule is C[C@](N)(C(=O)O)c1cccc(-c2cccc(Cl)c2)c1. The molecule has 0 aliphatic rings. The van der Waals surface area contributed by atoms with E-state index in [9.17, 15) is 4.79 Å². The minimum absolute atomic E-state index is 0.553. The summed E-state index contributed by atoms with van der Waals surface area (Å²) in [6.45, 7) is 1.48. The Hall–Kier alpha value is -1.84. The molecule has 2 rings (SSSR count). The van der Waals surface area contributed by atoms with Gasteiger partial charge in [-0.25, -0.2) is 4.79 Å². The second-order valence-electron chi connectivity index (χ2n) is 4.60. The molecule has 19 heavy (non-hydrogen) atoms. The molecule has 0 amide bonds. The molecule has 3 nitrogen and oxygen atoms in total. The summed E-state index contributed by atoms with van der Waals surface area (Å²) in [4.78, 5) is 11.2. The van der Waals surface area contributed by atoms with Gasteiger partial charge < -0.3 is 10.8 Å². The first-order chi connectivity index (χ1) is 8.91. The number of carboxylic acid groups (broad SMARTS) is 1. The first-order valence-corrected chi connectivity index (χ1v) is 6.18. The first-order valence-electron chi connectivity index (χ1n) is 5.80. The van der Waals surface area contributed by atoms with E-state index in [1.807, 2.05) is 24.3 Å². The van der Waals surface area contributed by atoms with Crippen LogP contribution in [0.3, 0.4) is 0 Å². The van der Waals surface area contributed by atoms with Crippen molar-refractivity contribution in [1.82, 2.24) is 0 Å². The minimum Gasteiger partial charge on any atom is -0.480 e. The van der Waals surface area contributed by atoms with Crippen LogP contribution in [0.4, 0.5) is 0 Å². The lowest BCUT2D eigenvalue weighted by Crippen LogP contribution is -2.41. The van der Waals surface area contributed by atoms with Gasteiger partial charge in [0.15, 0.2) is 0 Å². The van der Waals surface area contributed by atoms with Crippen LogP contribution in [0, 0.1) is 0 Å². The van der Waals surface area contributed by atoms with Crippen LogP contribution in [0.15, 0.2) is 48.5 Å². The van der Waals surface area contributed by atoms with E-state index in [-0.39, 0.29) is 0 Å². The van der Waals surface area contributed by atoms with Gasteiger partial charge in [0, 0.05) is 5.02 Å². The van der Waals surface area contributed by atoms with Gasteiger partial charge >= 0.3 is 5.97 Å². The lowest BCUT2D eigenvalue weighted by atomic mass is 9.91. The fourth-order valence-corrected chi connectivity index (χ4v) is 2.00. The first kappa shape index (κ1) is 13.6. The maximum absolute atomic E-state index is 11.2. The molecule has 0 radical (unpaired) electrons. The molecular formula is C15H14ClNO2. The van der Waals surface area contributed by atoms with E-state index in [1.54, 1.807) is 24.3 Å². The number of carboxylic acids is 1. The zero-order valence-electron chi connectivity index (χ0n) is 10.4. The molecule has 2 aromatic carbocycles. The Balaban J connectivity index is 2.48. The molecule has 0 spiro atoms. The van der Waals surface area contributed by atoms with Gasteiger partial charge in [-0.2, -0.15) is 0 Å². The Labute approximate surface area is 116 Å². The summed E-state index contributed by atoms with van der Waals surface area (Å²) in [5, 5.41) is 9.79. The van der Waals surface area contributed by atoms with Crippen molar-refractivity contribution in [1.29, 1.82) is 0 Å². The van der Waals surface area contributed by atoms with Crippen molar-refractivity contribution in [3.8, 4) is 11.1 Å². The van der Waals surface area contributed by atoms with Crippen molar-refractivity contribution in [3.05, 3.63) is 59.1 Å². The predicted octanol–water partition coefficient (Wildman–Crippen LogP) is 3.27. The van der Waals surface area contributed by atoms with Gasteiger partial charge in [0.2, 0.25) is 0 Å². The van der Waals surface area contributed by atoms with Crippen molar-refractivity contribution in [3.63, 3.8) is 0 Å². The van der Waals surface area contributed by atoms with E-state index in [4.69, 9.17) is 22.4 Å². The van der Waals surface area contributed by atoms with Gasteiger partial charge in [0.25, 0.3) is 0 Å². The summed E-state index contributed by atoms with van der Waals surface area (Å²) >= 11 is 5.96. The van der Waals surface area contributed by atoms with Crippen molar-refractivity contribution >= 4 is 17.6 Å². The highest BCUT2D eigenvalue weighted by Gasteiger charge is 2.30. The summed E-state index contributed by atoms with van der Waals surface area (Å²) in [7, 11) is 0. The Morgan fingerprint density at radius 2 is 1.74 bits per heavy atom. The summed E-state index contributed by atoms with van der Waals surface area (Å²) < 4.78 is 0. The molecule has 2 aromatic rings. The Kier molecular flexibility index (Phi) is 3.60. The number of nitrogens with two attached hydrogens (primary N) is 1. The molecule has 98 valence electrons. The third-order valence-electron chi connectivity index (χ3n) is 3.06. The number of carbonyl (C=O) groups is 1. The third kappa shape index (κ3) is 2.78. The maximum Gasteiger partial charge on any atom is 0.328 e. The molecule has 3 N–H and O–H groups in total. The van der Waals surface area contributed by atoms with E-state index < -0.39 is 11.5 Å². The predicted molar refractivity (Wildman–Crippen MR) is 76.1 cm³/mol. The van der Waals surface area contributed by atoms with Crippen molar-refractivity contribution in [2.75, 3.05) is 0 Å². The van der Waals surface area contributed by atoms with Crippen LogP contribution in [-0.2, 0) is 10.3 Å². The molecule has 0 saturated heterocycles. The summed E-state index contributed by atoms with van der Waals surface area (Å²) in [6, 6.07) is 14.6. The molecule has 0 heterocycles. The lowest BCUT2D eigenvalue weighted by Gasteiger charge is -2.20. The molecular weight excluding hydrogens is 262 g/mol. The van der Waals surface area contributed by atoms with Crippen LogP contribution in [0.25, 0.3) is 11.1 Å². The highest BCUT2D eigenvalue weighted by Crippen LogP contribution is 2.27. The Bertz CT molecular complexity index is 623. The van der Waals surface area contributed by atoms with Crippen LogP contribution >= 0.6 is 11.6 Å². The molecule has 4 heteroatoms. The molecule has 1 atom stereocenters. The van der Waals surface area contributed by atoms with E-state index in [2.05, 4.69) is 0 Å². The second-order valence-corrected chi connectivity index (χ2v) is 5.04. The molecule has 0 unspecified atom stereocenters. The van der Waals surface area contributed by atoms with E-state index in [0.717, 1.165) is 11.1 Å². The van der Waals surface area contributed by atoms with Crippen molar-refractivity contribution < 1.29 is 9.90 Å². The fraction of sp³-hybridized carbons (Fsp3) is 0.133. The molecule has 0 aliphatic heterocycles. The smallest absolute Gasteiger partial charge is 0.328 e. The normalized spacial score (nSPS) is 13.8. The molecule has 0 bridgehead atoms. The van der Waals surface area contributed by atoms with Crippen molar-refractivity contribution in [2.45, 2.75) is 12.5 Å². The van der Waals surface area contributed by atoms with Crippen LogP contribution in [0.5, 0.6) is 0 Å². The molecule has 0 aromatic heterocycles. The Morgan fingerprint density at radius 1 is 1.16 bits per heavy atom. The third-order valence-corrected chi connectivity index (χ3v) is 3.30. The number of aliphatic carboxylic acids is 1. The highest BCUT2D eigenvalue weighted by molar-refractivity contribution is 6.30. The van der Waals surface area contributed by atoms with Crippen LogP contribution in [0.1, 0.15) is 12.5 Å². The molecule has 0 fully saturated rings. The molecule has 0 aliphatic carbocycles. The average molecular weight is 276 g/mol. The van der Waals surface area contributed by atoms with Crippen LogP contribution in [-0.4, -0.2) is 11.1 Å². The molecule has 0 saturated carbocycles. The van der Waals surface area contributed by atoms with Gasteiger partial charge in [0.05, 0.1) is 0 Å². The van der Waals surface area contributed by atoms with Crippen LogP contribution < -0.4 is 5.73 Å². The largest absolute Gasteiger partial charge is 0.480 e. The summed E-state index contributed by atoms with van der Waals surface area (Å²) in [6.07, 6.45) is 0. The van der Waals surface area contributed by atoms with Gasteiger partial charge in [-0.05, 0) is 41.8 Å². The number of hydrogen-bond donors (Lipinski definition) is 2. The number of benzene rings is 2. The van der Waals surface area contributed by atoms with Gasteiger partial charge in [-0.15, -0.1) is 0 Å². The highest BCUT2D eigenvalue weighted by atomic mass is 35.5. The average Bonchev–Trinajstić information content (AvgIpc) is 2.38. The minimum atomic E-state index is -1.41. The maximum atomic E-state index is 11.2. The monoisotopic (exact) mass is 275 g/mol. The zero-order chi connectivity index (χ0) is 14.0. The topological polar surface area (TPSA) is 63.3 Å². The Morgan fingerprint density at radius 3 is 2.32 bits per heavy atom. The standard InChI is InChI=1S/C15H14ClNO2/c1-15(17,14(18)19)12-6-2-4-10(8-12)11-5-3-7-13(16)9-11/h2-9H,17H2,1H3,(H,18,19)/t15-/m1/s1. The fourth-order valence-electron chi connectivity index (χ4n) is 1.81. The second kappa shape index (κ2) is 5.03. The van der Waals surface area contributed by atoms with E-state index >= 15 is 0 Å². The number of rotatable bonds is 3. The summed E-state index contributed by atoms with van der Waals surface area (Å²) in [5.74, 6) is -1.06. The van der Waals surface area contributed by atoms with Gasteiger partial charge in [-0.3, -0.25) is 0 Å². The van der Waals surface area contributed by atoms with Gasteiger partial charge in [-0.1, -0.05) is 41.9 Å². The lowest BCUT2D eigenvalue weighted by molar-refractivity contribution is -0.143. The number of hydrogen-bond acceptors (Lipinski definition) is 2. The number of halogens is 1. The van der Waals surface area contributed by atoms with E-state index in [1.165, 1.54) is 6.92 Å². The summed E-state index contributed by atoms with van der Waals surface area (Å²) in [5.41, 5.74) is 6.79. The van der Waals surface area contributed by atoms with Crippen molar-refractivity contribution in [2.24, 2.45) is 5.73 Å².